The fourth-order valence-corrected chi connectivity index (χ4v) is 5.31. The lowest BCUT2D eigenvalue weighted by Crippen LogP contribution is -2.40. The molecule has 1 amide bonds. The van der Waals surface area contributed by atoms with Crippen LogP contribution in [0, 0.1) is 18.6 Å². The van der Waals surface area contributed by atoms with E-state index in [0.717, 1.165) is 12.1 Å². The number of amides is 1. The molecule has 0 aliphatic rings. The number of ether oxygens (including phenoxy) is 1. The van der Waals surface area contributed by atoms with Crippen LogP contribution in [0.5, 0.6) is 0 Å². The number of hydrogen-bond acceptors (Lipinski definition) is 6. The molecular formula is C31H36F5NO6S. The minimum Gasteiger partial charge on any atom is -0.466 e. The van der Waals surface area contributed by atoms with Crippen LogP contribution in [0.15, 0.2) is 49.6 Å². The van der Waals surface area contributed by atoms with Gasteiger partial charge in [-0.1, -0.05) is 12.2 Å². The molecule has 13 heteroatoms. The molecule has 2 aromatic carbocycles. The lowest BCUT2D eigenvalue weighted by molar-refractivity contribution is -0.144. The fraction of sp³-hybridized carbons (Fsp3) is 0.419. The van der Waals surface area contributed by atoms with E-state index in [1.807, 2.05) is 0 Å². The van der Waals surface area contributed by atoms with E-state index in [-0.39, 0.29) is 29.7 Å². The zero-order chi connectivity index (χ0) is 33.2. The van der Waals surface area contributed by atoms with E-state index in [9.17, 15) is 35.6 Å². The first-order valence-corrected chi connectivity index (χ1v) is 15.6. The second-order valence-corrected chi connectivity index (χ2v) is 11.7. The van der Waals surface area contributed by atoms with Crippen molar-refractivity contribution in [3.8, 4) is 11.1 Å². The summed E-state index contributed by atoms with van der Waals surface area (Å²) in [5.41, 5.74) is -1.60. The Morgan fingerprint density at radius 1 is 1.07 bits per heavy atom. The van der Waals surface area contributed by atoms with Gasteiger partial charge in [-0.25, -0.2) is 8.78 Å². The number of aryl methyl sites for hydroxylation is 2. The topological polar surface area (TPSA) is 98.8 Å². The zero-order valence-corrected chi connectivity index (χ0v) is 25.5. The van der Waals surface area contributed by atoms with Gasteiger partial charge >= 0.3 is 12.1 Å². The van der Waals surface area contributed by atoms with Crippen molar-refractivity contribution in [3.05, 3.63) is 83.5 Å². The Kier molecular flexibility index (Phi) is 13.3. The SMILES string of the molecule is C=CCCCCc1cc(F)cc(C)c1-c1cc([C@H](CC(=O)OCC)NC(=O)[C@@H](CC=C)OS(C)(=O)=O)c(F)c(C(F)(F)F)c1. The summed E-state index contributed by atoms with van der Waals surface area (Å²) in [5.74, 6) is -4.48. The minimum absolute atomic E-state index is 0.115. The molecule has 7 nitrogen and oxygen atoms in total. The number of carbonyl (C=O) groups excluding carboxylic acids is 2. The number of esters is 1. The number of allylic oxidation sites excluding steroid dienone is 1. The van der Waals surface area contributed by atoms with Crippen LogP contribution in [0.3, 0.4) is 0 Å². The Bertz CT molecular complexity index is 1470. The van der Waals surface area contributed by atoms with Gasteiger partial charge < -0.3 is 10.1 Å². The van der Waals surface area contributed by atoms with Crippen molar-refractivity contribution in [1.29, 1.82) is 0 Å². The number of halogens is 5. The molecule has 0 aliphatic carbocycles. The van der Waals surface area contributed by atoms with Gasteiger partial charge in [0.25, 0.3) is 16.0 Å². The maximum atomic E-state index is 15.7. The quantitative estimate of drug-likeness (QED) is 0.0702. The monoisotopic (exact) mass is 645 g/mol. The van der Waals surface area contributed by atoms with Crippen LogP contribution < -0.4 is 5.32 Å². The van der Waals surface area contributed by atoms with E-state index in [0.29, 0.717) is 43.6 Å². The summed E-state index contributed by atoms with van der Waals surface area (Å²) >= 11 is 0. The van der Waals surface area contributed by atoms with Gasteiger partial charge in [-0.2, -0.15) is 21.6 Å². The molecule has 0 aliphatic heterocycles. The molecule has 44 heavy (non-hydrogen) atoms. The number of benzene rings is 2. The molecule has 242 valence electrons. The Morgan fingerprint density at radius 2 is 1.75 bits per heavy atom. The van der Waals surface area contributed by atoms with Gasteiger partial charge in [0.2, 0.25) is 0 Å². The maximum Gasteiger partial charge on any atom is 0.419 e. The molecule has 0 saturated carbocycles. The summed E-state index contributed by atoms with van der Waals surface area (Å²) in [7, 11) is -4.18. The van der Waals surface area contributed by atoms with Crippen LogP contribution in [0.25, 0.3) is 11.1 Å². The molecule has 1 N–H and O–H groups in total. The molecule has 2 rings (SSSR count). The molecule has 0 bridgehead atoms. The van der Waals surface area contributed by atoms with E-state index in [4.69, 9.17) is 8.92 Å². The molecule has 0 fully saturated rings. The third-order valence-electron chi connectivity index (χ3n) is 6.51. The van der Waals surface area contributed by atoms with Crippen LogP contribution in [-0.4, -0.2) is 39.3 Å². The van der Waals surface area contributed by atoms with Crippen molar-refractivity contribution in [3.63, 3.8) is 0 Å². The molecule has 0 heterocycles. The maximum absolute atomic E-state index is 15.7. The number of nitrogens with one attached hydrogen (secondary N) is 1. The van der Waals surface area contributed by atoms with Crippen molar-refractivity contribution >= 4 is 22.0 Å². The highest BCUT2D eigenvalue weighted by Gasteiger charge is 2.38. The predicted molar refractivity (Wildman–Crippen MR) is 156 cm³/mol. The van der Waals surface area contributed by atoms with Gasteiger partial charge in [-0.3, -0.25) is 13.8 Å². The highest BCUT2D eigenvalue weighted by atomic mass is 32.2. The molecule has 0 radical (unpaired) electrons. The Balaban J connectivity index is 2.80. The van der Waals surface area contributed by atoms with E-state index < -0.39 is 69.5 Å². The average Bonchev–Trinajstić information content (AvgIpc) is 2.89. The predicted octanol–water partition coefficient (Wildman–Crippen LogP) is 6.89. The summed E-state index contributed by atoms with van der Waals surface area (Å²) in [4.78, 5) is 25.6. The van der Waals surface area contributed by atoms with Crippen LogP contribution in [0.2, 0.25) is 0 Å². The van der Waals surface area contributed by atoms with Crippen molar-refractivity contribution in [1.82, 2.24) is 5.32 Å². The van der Waals surface area contributed by atoms with Gasteiger partial charge in [0.05, 0.1) is 30.9 Å². The van der Waals surface area contributed by atoms with E-state index in [1.165, 1.54) is 26.0 Å². The molecule has 0 unspecified atom stereocenters. The highest BCUT2D eigenvalue weighted by molar-refractivity contribution is 7.86. The zero-order valence-electron chi connectivity index (χ0n) is 24.7. The molecule has 0 spiro atoms. The fourth-order valence-electron chi connectivity index (χ4n) is 4.72. The molecule has 0 saturated heterocycles. The first-order valence-electron chi connectivity index (χ1n) is 13.8. The number of hydrogen-bond donors (Lipinski definition) is 1. The number of rotatable bonds is 16. The number of unbranched alkanes of at least 4 members (excludes halogenated alkanes) is 2. The average molecular weight is 646 g/mol. The third-order valence-corrected chi connectivity index (χ3v) is 7.10. The highest BCUT2D eigenvalue weighted by Crippen LogP contribution is 2.40. The third kappa shape index (κ3) is 10.5. The van der Waals surface area contributed by atoms with Gasteiger partial charge in [-0.05, 0) is 86.1 Å². The first kappa shape index (κ1) is 36.6. The summed E-state index contributed by atoms with van der Waals surface area (Å²) in [6, 6.07) is 2.26. The first-order chi connectivity index (χ1) is 20.5. The van der Waals surface area contributed by atoms with Crippen LogP contribution >= 0.6 is 0 Å². The molecule has 0 aromatic heterocycles. The van der Waals surface area contributed by atoms with Crippen molar-refractivity contribution in [2.24, 2.45) is 0 Å². The summed E-state index contributed by atoms with van der Waals surface area (Å²) in [5, 5.41) is 2.26. The van der Waals surface area contributed by atoms with E-state index >= 15 is 4.39 Å². The largest absolute Gasteiger partial charge is 0.466 e. The van der Waals surface area contributed by atoms with Gasteiger partial charge in [0.1, 0.15) is 11.6 Å². The minimum atomic E-state index is -5.20. The van der Waals surface area contributed by atoms with Crippen molar-refractivity contribution in [2.75, 3.05) is 12.9 Å². The summed E-state index contributed by atoms with van der Waals surface area (Å²) in [6.07, 6.45) is -2.24. The van der Waals surface area contributed by atoms with Gasteiger partial charge in [0.15, 0.2) is 6.10 Å². The second kappa shape index (κ2) is 15.9. The standard InChI is InChI=1S/C31H36F5NO6S/c1-6-9-10-11-13-20-15-22(32)14-19(4)28(20)21-16-23(29(33)24(17-21)31(34,35)36)25(18-27(38)42-8-3)37-30(39)26(12-7-2)43-44(5,40)41/h6-7,14-17,25-26H,1-2,8-13,18H2,3-5H3,(H,37,39)/t25-,26+/m0/s1. The van der Waals surface area contributed by atoms with Crippen LogP contribution in [0.4, 0.5) is 22.0 Å². The van der Waals surface area contributed by atoms with E-state index in [1.54, 1.807) is 6.08 Å². The lowest BCUT2D eigenvalue weighted by Gasteiger charge is -2.25. The summed E-state index contributed by atoms with van der Waals surface area (Å²) < 4.78 is 106. The smallest absolute Gasteiger partial charge is 0.419 e. The Labute approximate surface area is 254 Å². The molecular weight excluding hydrogens is 609 g/mol. The van der Waals surface area contributed by atoms with Crippen LogP contribution in [-0.2, 0) is 41.2 Å². The van der Waals surface area contributed by atoms with Crippen molar-refractivity contribution < 1.29 is 48.9 Å². The van der Waals surface area contributed by atoms with E-state index in [2.05, 4.69) is 18.5 Å². The van der Waals surface area contributed by atoms with Crippen LogP contribution in [0.1, 0.15) is 67.3 Å². The Morgan fingerprint density at radius 3 is 2.32 bits per heavy atom. The summed E-state index contributed by atoms with van der Waals surface area (Å²) in [6.45, 7) is 9.94. The second-order valence-electron chi connectivity index (χ2n) is 10.1. The Hall–Kier alpha value is -3.58. The molecule has 2 aromatic rings. The lowest BCUT2D eigenvalue weighted by atomic mass is 9.88. The van der Waals surface area contributed by atoms with Gasteiger partial charge in [0, 0.05) is 12.0 Å². The normalized spacial score (nSPS) is 13.2. The number of carbonyl (C=O) groups is 2. The molecule has 2 atom stereocenters. The number of alkyl halides is 3. The van der Waals surface area contributed by atoms with Crippen molar-refractivity contribution in [2.45, 2.75) is 70.7 Å². The van der Waals surface area contributed by atoms with Gasteiger partial charge in [-0.15, -0.1) is 13.2 Å².